The second-order valence-corrected chi connectivity index (χ2v) is 8.79. The molecule has 0 amide bonds. The molecular weight excluding hydrogens is 423 g/mol. The predicted octanol–water partition coefficient (Wildman–Crippen LogP) is 4.88. The molecule has 2 N–H and O–H groups in total. The summed E-state index contributed by atoms with van der Waals surface area (Å²) in [6.07, 6.45) is 7.03. The van der Waals surface area contributed by atoms with Gasteiger partial charge in [-0.05, 0) is 61.2 Å². The Hall–Kier alpha value is 1.26. The first-order valence-electron chi connectivity index (χ1n) is 9.58. The normalized spacial score (nSPS) is 37.8. The average Bonchev–Trinajstić information content (AvgIpc) is 2.38. The molecule has 3 heteroatoms. The third-order valence-electron chi connectivity index (χ3n) is 5.97. The monoisotopic (exact) mass is 464 g/mol. The van der Waals surface area contributed by atoms with Gasteiger partial charge in [0.15, 0.2) is 0 Å². The Balaban J connectivity index is 0.000000403. The third kappa shape index (κ3) is 8.45. The standard InChI is InChI=1S/2C10H20O.Sm/c2*1-7(2)9-5-4-8(3)6-10(9)11;/h2*7-11H,4-6H2,1-3H3;. The van der Waals surface area contributed by atoms with Gasteiger partial charge in [0.05, 0.1) is 12.2 Å². The molecule has 23 heavy (non-hydrogen) atoms. The van der Waals surface area contributed by atoms with E-state index in [0.717, 1.165) is 24.7 Å². The molecule has 138 valence electrons. The predicted molar refractivity (Wildman–Crippen MR) is 94.7 cm³/mol. The first kappa shape index (κ1) is 24.3. The molecule has 2 nitrogen and oxygen atoms in total. The van der Waals surface area contributed by atoms with Crippen molar-refractivity contribution in [1.29, 1.82) is 0 Å². The summed E-state index contributed by atoms with van der Waals surface area (Å²) in [6, 6.07) is 0. The van der Waals surface area contributed by atoms with Gasteiger partial charge in [0, 0.05) is 40.4 Å². The van der Waals surface area contributed by atoms with E-state index < -0.39 is 0 Å². The number of aliphatic hydroxyl groups excluding tert-OH is 2. The second-order valence-electron chi connectivity index (χ2n) is 8.79. The minimum Gasteiger partial charge on any atom is -0.393 e. The van der Waals surface area contributed by atoms with Crippen molar-refractivity contribution in [2.75, 3.05) is 0 Å². The topological polar surface area (TPSA) is 40.5 Å². The van der Waals surface area contributed by atoms with Crippen molar-refractivity contribution in [3.8, 4) is 0 Å². The van der Waals surface area contributed by atoms with Crippen LogP contribution in [0.1, 0.15) is 80.1 Å². The van der Waals surface area contributed by atoms with Crippen molar-refractivity contribution in [1.82, 2.24) is 0 Å². The Kier molecular flexibility index (Phi) is 12.4. The minimum atomic E-state index is -0.0289. The second kappa shape index (κ2) is 11.8. The summed E-state index contributed by atoms with van der Waals surface area (Å²) in [5.41, 5.74) is 0. The smallest absolute Gasteiger partial charge is 0.0573 e. The van der Waals surface area contributed by atoms with E-state index in [2.05, 4.69) is 41.5 Å². The summed E-state index contributed by atoms with van der Waals surface area (Å²) in [5, 5.41) is 19.4. The van der Waals surface area contributed by atoms with Crippen molar-refractivity contribution >= 4 is 0 Å². The van der Waals surface area contributed by atoms with Gasteiger partial charge in [-0.25, -0.2) is 0 Å². The van der Waals surface area contributed by atoms with Gasteiger partial charge in [-0.2, -0.15) is 0 Å². The third-order valence-corrected chi connectivity index (χ3v) is 5.97. The molecule has 0 aromatic carbocycles. The summed E-state index contributed by atoms with van der Waals surface area (Å²) in [6.45, 7) is 13.3. The van der Waals surface area contributed by atoms with Crippen molar-refractivity contribution in [3.05, 3.63) is 0 Å². The van der Waals surface area contributed by atoms with Crippen LogP contribution in [0.25, 0.3) is 0 Å². The van der Waals surface area contributed by atoms with Crippen LogP contribution in [0.3, 0.4) is 0 Å². The maximum absolute atomic E-state index is 9.71. The Bertz CT molecular complexity index is 276. The zero-order chi connectivity index (χ0) is 16.9. The van der Waals surface area contributed by atoms with Crippen LogP contribution >= 0.6 is 0 Å². The molecule has 0 bridgehead atoms. The van der Waals surface area contributed by atoms with E-state index >= 15 is 0 Å². The van der Waals surface area contributed by atoms with E-state index in [1.807, 2.05) is 0 Å². The van der Waals surface area contributed by atoms with E-state index in [1.54, 1.807) is 0 Å². The molecule has 0 saturated heterocycles. The molecule has 6 unspecified atom stereocenters. The van der Waals surface area contributed by atoms with Crippen LogP contribution in [0.2, 0.25) is 0 Å². The molecule has 0 radical (unpaired) electrons. The summed E-state index contributed by atoms with van der Waals surface area (Å²) < 4.78 is 0. The maximum Gasteiger partial charge on any atom is 0.0573 e. The van der Waals surface area contributed by atoms with Gasteiger partial charge < -0.3 is 10.2 Å². The Labute approximate surface area is 177 Å². The molecule has 0 spiro atoms. The molecule has 6 atom stereocenters. The molecule has 0 aromatic heterocycles. The fraction of sp³-hybridized carbons (Fsp3) is 1.00. The summed E-state index contributed by atoms with van der Waals surface area (Å²) >= 11 is 0. The maximum atomic E-state index is 9.71. The summed E-state index contributed by atoms with van der Waals surface area (Å²) in [5.74, 6) is 3.90. The van der Waals surface area contributed by atoms with Crippen LogP contribution in [0.4, 0.5) is 0 Å². The van der Waals surface area contributed by atoms with Gasteiger partial charge in [-0.3, -0.25) is 0 Å². The summed E-state index contributed by atoms with van der Waals surface area (Å²) in [7, 11) is 0. The van der Waals surface area contributed by atoms with E-state index in [-0.39, 0.29) is 52.6 Å². The summed E-state index contributed by atoms with van der Waals surface area (Å²) in [4.78, 5) is 0. The fourth-order valence-electron chi connectivity index (χ4n) is 4.30. The molecule has 0 aromatic rings. The van der Waals surface area contributed by atoms with Crippen LogP contribution < -0.4 is 0 Å². The number of hydrogen-bond acceptors (Lipinski definition) is 2. The van der Waals surface area contributed by atoms with Crippen LogP contribution in [-0.2, 0) is 0 Å². The van der Waals surface area contributed by atoms with Crippen LogP contribution in [0.5, 0.6) is 0 Å². The van der Waals surface area contributed by atoms with Crippen molar-refractivity contribution < 1.29 is 50.6 Å². The first-order valence-corrected chi connectivity index (χ1v) is 9.58. The molecule has 0 heterocycles. The van der Waals surface area contributed by atoms with Crippen molar-refractivity contribution in [3.63, 3.8) is 0 Å². The van der Waals surface area contributed by atoms with Gasteiger partial charge >= 0.3 is 0 Å². The quantitative estimate of drug-likeness (QED) is 0.614. The van der Waals surface area contributed by atoms with E-state index in [4.69, 9.17) is 0 Å². The SMILES string of the molecule is CC1CCC(C(C)C)C(O)C1.CC1CCC(C(C)C)C(O)C1.[Sm]. The van der Waals surface area contributed by atoms with Gasteiger partial charge in [0.25, 0.3) is 0 Å². The molecule has 2 aliphatic rings. The fourth-order valence-corrected chi connectivity index (χ4v) is 4.30. The zero-order valence-corrected chi connectivity index (χ0v) is 18.8. The van der Waals surface area contributed by atoms with E-state index in [1.165, 1.54) is 25.7 Å². The molecule has 2 rings (SSSR count). The van der Waals surface area contributed by atoms with Gasteiger partial charge in [-0.15, -0.1) is 0 Å². The van der Waals surface area contributed by atoms with E-state index in [9.17, 15) is 10.2 Å². The molecule has 2 saturated carbocycles. The van der Waals surface area contributed by atoms with Crippen LogP contribution in [-0.4, -0.2) is 22.4 Å². The largest absolute Gasteiger partial charge is 0.393 e. The number of aliphatic hydroxyl groups is 2. The van der Waals surface area contributed by atoms with E-state index in [0.29, 0.717) is 23.7 Å². The first-order chi connectivity index (χ1) is 10.2. The average molecular weight is 463 g/mol. The Morgan fingerprint density at radius 3 is 1.17 bits per heavy atom. The zero-order valence-electron chi connectivity index (χ0n) is 16.2. The van der Waals surface area contributed by atoms with Crippen LogP contribution in [0, 0.1) is 75.9 Å². The molecule has 2 aliphatic carbocycles. The number of rotatable bonds is 2. The Morgan fingerprint density at radius 1 is 0.652 bits per heavy atom. The molecule has 2 fully saturated rings. The van der Waals surface area contributed by atoms with Gasteiger partial charge in [0.2, 0.25) is 0 Å². The van der Waals surface area contributed by atoms with Crippen molar-refractivity contribution in [2.24, 2.45) is 35.5 Å². The van der Waals surface area contributed by atoms with Crippen LogP contribution in [0.15, 0.2) is 0 Å². The molecular formula is C20H40O2Sm. The van der Waals surface area contributed by atoms with Crippen molar-refractivity contribution in [2.45, 2.75) is 92.3 Å². The number of hydrogen-bond donors (Lipinski definition) is 2. The molecule has 0 aliphatic heterocycles. The minimum absolute atomic E-state index is 0. The van der Waals surface area contributed by atoms with Gasteiger partial charge in [-0.1, -0.05) is 54.4 Å². The Morgan fingerprint density at radius 2 is 0.957 bits per heavy atom. The van der Waals surface area contributed by atoms with Gasteiger partial charge in [0.1, 0.15) is 0 Å².